The van der Waals surface area contributed by atoms with E-state index in [2.05, 4.69) is 10.4 Å². The van der Waals surface area contributed by atoms with Gasteiger partial charge in [-0.05, 0) is 0 Å². The lowest BCUT2D eigenvalue weighted by molar-refractivity contribution is 0.0695. The minimum absolute atomic E-state index is 1.04. The predicted octanol–water partition coefficient (Wildman–Crippen LogP) is -0.407. The molecule has 0 unspecified atom stereocenters. The molecular weight excluding hydrogens is 80.0 g/mol. The van der Waals surface area contributed by atoms with Crippen molar-refractivity contribution in [1.29, 1.82) is 0 Å². The average molecular weight is 84.1 g/mol. The molecule has 2 aliphatic rings. The third-order valence-electron chi connectivity index (χ3n) is 0.921. The van der Waals surface area contributed by atoms with Gasteiger partial charge >= 0.3 is 0 Å². The molecule has 0 aromatic heterocycles. The Labute approximate surface area is 35.1 Å². The van der Waals surface area contributed by atoms with Crippen molar-refractivity contribution < 1.29 is 4.84 Å². The molecule has 1 fully saturated rings. The fraction of sp³-hybridized carbons (Fsp3) is 0.333. The highest BCUT2D eigenvalue weighted by Gasteiger charge is 2.30. The van der Waals surface area contributed by atoms with Crippen molar-refractivity contribution in [2.45, 2.75) is 0 Å². The minimum atomic E-state index is 1.04. The summed E-state index contributed by atoms with van der Waals surface area (Å²) in [5.41, 5.74) is 3.88. The van der Waals surface area contributed by atoms with Crippen LogP contribution in [0.1, 0.15) is 0 Å². The number of nitrogens with zero attached hydrogens (tertiary/aromatic N) is 1. The van der Waals surface area contributed by atoms with E-state index >= 15 is 0 Å². The second-order valence-corrected chi connectivity index (χ2v) is 1.40. The van der Waals surface area contributed by atoms with Gasteiger partial charge in [0.2, 0.25) is 0 Å². The van der Waals surface area contributed by atoms with Crippen molar-refractivity contribution in [2.24, 2.45) is 0 Å². The molecule has 2 heterocycles. The summed E-state index contributed by atoms with van der Waals surface area (Å²) < 4.78 is 0. The van der Waals surface area contributed by atoms with E-state index in [0.717, 1.165) is 6.54 Å². The maximum absolute atomic E-state index is 4.62. The summed E-state index contributed by atoms with van der Waals surface area (Å²) in [6, 6.07) is 0. The SMILES string of the molecule is C1=C2CN2NO1. The Morgan fingerprint density at radius 3 is 3.17 bits per heavy atom. The lowest BCUT2D eigenvalue weighted by Crippen LogP contribution is -2.13. The van der Waals surface area contributed by atoms with Crippen LogP contribution >= 0.6 is 0 Å². The summed E-state index contributed by atoms with van der Waals surface area (Å²) in [7, 11) is 0. The largest absolute Gasteiger partial charge is 0.395 e. The molecule has 3 nitrogen and oxygen atoms in total. The fourth-order valence-electron chi connectivity index (χ4n) is 0.476. The van der Waals surface area contributed by atoms with Crippen molar-refractivity contribution in [3.05, 3.63) is 12.0 Å². The Hall–Kier alpha value is -0.700. The molecule has 0 atom stereocenters. The van der Waals surface area contributed by atoms with Crippen LogP contribution in [0, 0.1) is 0 Å². The third-order valence-corrected chi connectivity index (χ3v) is 0.921. The zero-order chi connectivity index (χ0) is 3.98. The molecule has 0 amide bonds. The monoisotopic (exact) mass is 84.0 g/mol. The number of hydrogen-bond acceptors (Lipinski definition) is 3. The summed E-state index contributed by atoms with van der Waals surface area (Å²) in [5, 5.41) is 1.92. The van der Waals surface area contributed by atoms with Gasteiger partial charge in [-0.25, -0.2) is 0 Å². The summed E-state index contributed by atoms with van der Waals surface area (Å²) in [6.45, 7) is 1.04. The molecule has 2 rings (SSSR count). The first-order valence-electron chi connectivity index (χ1n) is 1.85. The van der Waals surface area contributed by atoms with Crippen LogP contribution in [0.2, 0.25) is 0 Å². The highest BCUT2D eigenvalue weighted by Crippen LogP contribution is 2.21. The number of hydrogen-bond donors (Lipinski definition) is 1. The van der Waals surface area contributed by atoms with E-state index in [9.17, 15) is 0 Å². The van der Waals surface area contributed by atoms with Gasteiger partial charge in [-0.2, -0.15) is 0 Å². The molecule has 1 saturated heterocycles. The quantitative estimate of drug-likeness (QED) is 0.404. The maximum atomic E-state index is 4.62. The number of hydrazine groups is 1. The summed E-state index contributed by atoms with van der Waals surface area (Å²) in [6.07, 6.45) is 1.71. The molecular formula is C3H4N2O. The highest BCUT2D eigenvalue weighted by molar-refractivity contribution is 5.15. The smallest absolute Gasteiger partial charge is 0.136 e. The van der Waals surface area contributed by atoms with E-state index in [-0.39, 0.29) is 0 Å². The van der Waals surface area contributed by atoms with Crippen LogP contribution in [-0.4, -0.2) is 11.6 Å². The molecule has 0 spiro atoms. The topological polar surface area (TPSA) is 24.3 Å². The van der Waals surface area contributed by atoms with Crippen LogP contribution in [0.5, 0.6) is 0 Å². The Bertz CT molecular complexity index is 109. The standard InChI is InChI=1S/C3H4N2O/c1-3-2-6-4-5(1)3/h2,4H,1H2. The summed E-state index contributed by atoms with van der Waals surface area (Å²) in [4.78, 5) is 4.62. The number of nitrogens with one attached hydrogen (secondary N) is 1. The van der Waals surface area contributed by atoms with Gasteiger partial charge in [-0.15, -0.1) is 0 Å². The number of fused-ring (bicyclic) bond motifs is 1. The van der Waals surface area contributed by atoms with Crippen LogP contribution < -0.4 is 5.59 Å². The molecule has 1 N–H and O–H groups in total. The van der Waals surface area contributed by atoms with Gasteiger partial charge < -0.3 is 4.84 Å². The van der Waals surface area contributed by atoms with Gasteiger partial charge in [-0.3, -0.25) is 5.01 Å². The lowest BCUT2D eigenvalue weighted by Gasteiger charge is -1.92. The molecule has 2 aliphatic heterocycles. The summed E-state index contributed by atoms with van der Waals surface area (Å²) in [5.74, 6) is 0. The van der Waals surface area contributed by atoms with Gasteiger partial charge in [0.15, 0.2) is 0 Å². The van der Waals surface area contributed by atoms with Crippen molar-refractivity contribution in [3.63, 3.8) is 0 Å². The Morgan fingerprint density at radius 1 is 2.00 bits per heavy atom. The van der Waals surface area contributed by atoms with E-state index in [4.69, 9.17) is 0 Å². The molecule has 32 valence electrons. The highest BCUT2D eigenvalue weighted by atomic mass is 16.7. The molecule has 0 bridgehead atoms. The molecule has 0 saturated carbocycles. The van der Waals surface area contributed by atoms with E-state index in [1.165, 1.54) is 5.70 Å². The molecule has 3 heteroatoms. The zero-order valence-electron chi connectivity index (χ0n) is 3.14. The molecule has 6 heavy (non-hydrogen) atoms. The Balaban J connectivity index is 2.35. The third kappa shape index (κ3) is 0.137. The normalized spacial score (nSPS) is 25.3. The van der Waals surface area contributed by atoms with Crippen molar-refractivity contribution in [3.8, 4) is 0 Å². The molecule has 0 aromatic carbocycles. The van der Waals surface area contributed by atoms with Crippen LogP contribution in [-0.2, 0) is 4.84 Å². The first-order valence-corrected chi connectivity index (χ1v) is 1.85. The molecule has 0 aliphatic carbocycles. The molecule has 0 radical (unpaired) electrons. The summed E-state index contributed by atoms with van der Waals surface area (Å²) >= 11 is 0. The minimum Gasteiger partial charge on any atom is -0.395 e. The second kappa shape index (κ2) is 0.541. The van der Waals surface area contributed by atoms with Gasteiger partial charge in [0.25, 0.3) is 0 Å². The van der Waals surface area contributed by atoms with Crippen LogP contribution in [0.25, 0.3) is 0 Å². The maximum Gasteiger partial charge on any atom is 0.136 e. The van der Waals surface area contributed by atoms with Crippen molar-refractivity contribution in [2.75, 3.05) is 6.54 Å². The average Bonchev–Trinajstić information content (AvgIpc) is 2.17. The van der Waals surface area contributed by atoms with E-state index in [0.29, 0.717) is 0 Å². The number of rotatable bonds is 0. The van der Waals surface area contributed by atoms with Gasteiger partial charge in [0.1, 0.15) is 6.26 Å². The Morgan fingerprint density at radius 2 is 3.00 bits per heavy atom. The van der Waals surface area contributed by atoms with Crippen LogP contribution in [0.15, 0.2) is 12.0 Å². The Kier molecular flexibility index (Phi) is 0.223. The zero-order valence-corrected chi connectivity index (χ0v) is 3.14. The van der Waals surface area contributed by atoms with Crippen LogP contribution in [0.4, 0.5) is 0 Å². The van der Waals surface area contributed by atoms with Gasteiger partial charge in [0, 0.05) is 0 Å². The van der Waals surface area contributed by atoms with Gasteiger partial charge in [0.05, 0.1) is 12.2 Å². The van der Waals surface area contributed by atoms with Gasteiger partial charge in [-0.1, -0.05) is 5.59 Å². The second-order valence-electron chi connectivity index (χ2n) is 1.40. The van der Waals surface area contributed by atoms with E-state index in [1.54, 1.807) is 6.26 Å². The van der Waals surface area contributed by atoms with E-state index < -0.39 is 0 Å². The fourth-order valence-corrected chi connectivity index (χ4v) is 0.476. The van der Waals surface area contributed by atoms with Crippen molar-refractivity contribution >= 4 is 0 Å². The van der Waals surface area contributed by atoms with Crippen LogP contribution in [0.3, 0.4) is 0 Å². The molecule has 0 aromatic rings. The van der Waals surface area contributed by atoms with Crippen molar-refractivity contribution in [1.82, 2.24) is 10.6 Å². The first kappa shape index (κ1) is 2.47. The predicted molar refractivity (Wildman–Crippen MR) is 19.0 cm³/mol. The van der Waals surface area contributed by atoms with E-state index in [1.807, 2.05) is 5.01 Å². The lowest BCUT2D eigenvalue weighted by atomic mass is 10.7. The first-order chi connectivity index (χ1) is 2.97.